The van der Waals surface area contributed by atoms with Gasteiger partial charge in [-0.25, -0.2) is 19.5 Å². The number of rotatable bonds is 1. The number of aromatic nitrogens is 2. The summed E-state index contributed by atoms with van der Waals surface area (Å²) >= 11 is 0. The standard InChI is InChI=1S/C9H10N4O/c1-12(9(10)14)13-6-11-7-4-2-3-5-8(7)13/h2-6H,1H3,(H2,10,14). The van der Waals surface area contributed by atoms with Crippen LogP contribution < -0.4 is 10.7 Å². The van der Waals surface area contributed by atoms with Crippen molar-refractivity contribution >= 4 is 17.1 Å². The van der Waals surface area contributed by atoms with Crippen LogP contribution in [-0.2, 0) is 0 Å². The number of para-hydroxylation sites is 2. The molecule has 0 aliphatic heterocycles. The third kappa shape index (κ3) is 1.19. The zero-order valence-corrected chi connectivity index (χ0v) is 7.71. The minimum absolute atomic E-state index is 0.520. The van der Waals surface area contributed by atoms with E-state index in [9.17, 15) is 4.79 Å². The van der Waals surface area contributed by atoms with Gasteiger partial charge < -0.3 is 5.73 Å². The first kappa shape index (κ1) is 8.55. The van der Waals surface area contributed by atoms with Crippen molar-refractivity contribution in [1.29, 1.82) is 0 Å². The van der Waals surface area contributed by atoms with Crippen molar-refractivity contribution in [3.05, 3.63) is 30.6 Å². The molecule has 0 saturated heterocycles. The number of hydrogen-bond donors (Lipinski definition) is 1. The summed E-state index contributed by atoms with van der Waals surface area (Å²) in [6.45, 7) is 0. The van der Waals surface area contributed by atoms with Gasteiger partial charge in [-0.15, -0.1) is 0 Å². The van der Waals surface area contributed by atoms with E-state index in [0.29, 0.717) is 0 Å². The molecule has 1 aromatic heterocycles. The lowest BCUT2D eigenvalue weighted by Gasteiger charge is -2.15. The maximum Gasteiger partial charge on any atom is 0.333 e. The molecule has 2 N–H and O–H groups in total. The van der Waals surface area contributed by atoms with Gasteiger partial charge >= 0.3 is 6.03 Å². The second-order valence-electron chi connectivity index (χ2n) is 2.94. The number of nitrogens with zero attached hydrogens (tertiary/aromatic N) is 3. The van der Waals surface area contributed by atoms with Crippen molar-refractivity contribution in [2.45, 2.75) is 0 Å². The summed E-state index contributed by atoms with van der Waals surface area (Å²) in [4.78, 5) is 15.1. The maximum absolute atomic E-state index is 10.9. The molecule has 0 bridgehead atoms. The van der Waals surface area contributed by atoms with Gasteiger partial charge in [-0.1, -0.05) is 12.1 Å². The van der Waals surface area contributed by atoms with E-state index in [0.717, 1.165) is 11.0 Å². The molecule has 0 aliphatic carbocycles. The molecule has 0 radical (unpaired) electrons. The lowest BCUT2D eigenvalue weighted by molar-refractivity contribution is 0.250. The number of carbonyl (C=O) groups excluding carboxylic acids is 1. The van der Waals surface area contributed by atoms with Crippen LogP contribution in [0, 0.1) is 0 Å². The molecule has 1 aromatic carbocycles. The van der Waals surface area contributed by atoms with Crippen LogP contribution in [0.5, 0.6) is 0 Å². The molecule has 2 aromatic rings. The summed E-state index contributed by atoms with van der Waals surface area (Å²) in [5.41, 5.74) is 6.85. The Morgan fingerprint density at radius 2 is 2.21 bits per heavy atom. The Hall–Kier alpha value is -2.04. The van der Waals surface area contributed by atoms with E-state index in [-0.39, 0.29) is 0 Å². The van der Waals surface area contributed by atoms with Gasteiger partial charge in [0, 0.05) is 7.05 Å². The number of benzene rings is 1. The fourth-order valence-electron chi connectivity index (χ4n) is 1.29. The van der Waals surface area contributed by atoms with Crippen molar-refractivity contribution in [2.75, 3.05) is 12.1 Å². The molecule has 1 heterocycles. The topological polar surface area (TPSA) is 64.2 Å². The molecular formula is C9H10N4O. The molecule has 14 heavy (non-hydrogen) atoms. The fraction of sp³-hybridized carbons (Fsp3) is 0.111. The van der Waals surface area contributed by atoms with E-state index >= 15 is 0 Å². The van der Waals surface area contributed by atoms with Crippen LogP contribution >= 0.6 is 0 Å². The van der Waals surface area contributed by atoms with E-state index < -0.39 is 6.03 Å². The highest BCUT2D eigenvalue weighted by atomic mass is 16.2. The summed E-state index contributed by atoms with van der Waals surface area (Å²) in [6, 6.07) is 7.01. The van der Waals surface area contributed by atoms with E-state index in [1.807, 2.05) is 24.3 Å². The summed E-state index contributed by atoms with van der Waals surface area (Å²) < 4.78 is 1.61. The molecule has 2 amide bonds. The average Bonchev–Trinajstić information content (AvgIpc) is 2.60. The van der Waals surface area contributed by atoms with Crippen LogP contribution in [0.15, 0.2) is 30.6 Å². The highest BCUT2D eigenvalue weighted by Crippen LogP contribution is 2.11. The van der Waals surface area contributed by atoms with Crippen molar-refractivity contribution in [2.24, 2.45) is 5.73 Å². The highest BCUT2D eigenvalue weighted by molar-refractivity contribution is 5.85. The van der Waals surface area contributed by atoms with Crippen LogP contribution in [0.25, 0.3) is 11.0 Å². The first-order chi connectivity index (χ1) is 6.70. The minimum Gasteiger partial charge on any atom is -0.350 e. The quantitative estimate of drug-likeness (QED) is 0.718. The Bertz CT molecular complexity index is 476. The van der Waals surface area contributed by atoms with Gasteiger partial charge in [0.25, 0.3) is 0 Å². The Labute approximate surface area is 80.7 Å². The summed E-state index contributed by atoms with van der Waals surface area (Å²) in [6.07, 6.45) is 1.56. The third-order valence-corrected chi connectivity index (χ3v) is 2.08. The first-order valence-corrected chi connectivity index (χ1v) is 4.15. The zero-order chi connectivity index (χ0) is 10.1. The smallest absolute Gasteiger partial charge is 0.333 e. The Balaban J connectivity index is 2.58. The number of amides is 2. The largest absolute Gasteiger partial charge is 0.350 e. The number of primary amides is 1. The molecule has 0 fully saturated rings. The molecule has 0 unspecified atom stereocenters. The second kappa shape index (κ2) is 3.02. The summed E-state index contributed by atoms with van der Waals surface area (Å²) in [5.74, 6) is 0. The third-order valence-electron chi connectivity index (χ3n) is 2.08. The van der Waals surface area contributed by atoms with Crippen molar-refractivity contribution < 1.29 is 4.79 Å². The van der Waals surface area contributed by atoms with Crippen LogP contribution in [0.1, 0.15) is 0 Å². The zero-order valence-electron chi connectivity index (χ0n) is 7.71. The number of carbonyl (C=O) groups is 1. The van der Waals surface area contributed by atoms with Gasteiger partial charge in [-0.3, -0.25) is 0 Å². The van der Waals surface area contributed by atoms with Gasteiger partial charge in [-0.05, 0) is 12.1 Å². The van der Waals surface area contributed by atoms with Crippen LogP contribution in [0.4, 0.5) is 4.79 Å². The van der Waals surface area contributed by atoms with Crippen LogP contribution in [0.3, 0.4) is 0 Å². The van der Waals surface area contributed by atoms with Crippen LogP contribution in [-0.4, -0.2) is 22.7 Å². The molecular weight excluding hydrogens is 180 g/mol. The average molecular weight is 190 g/mol. The van der Waals surface area contributed by atoms with Gasteiger partial charge in [0.05, 0.1) is 11.0 Å². The molecule has 0 spiro atoms. The maximum atomic E-state index is 10.9. The number of hydrogen-bond acceptors (Lipinski definition) is 2. The van der Waals surface area contributed by atoms with Gasteiger partial charge in [0.2, 0.25) is 0 Å². The van der Waals surface area contributed by atoms with E-state index in [1.165, 1.54) is 5.01 Å². The Morgan fingerprint density at radius 1 is 1.50 bits per heavy atom. The number of fused-ring (bicyclic) bond motifs is 1. The predicted molar refractivity (Wildman–Crippen MR) is 53.5 cm³/mol. The molecule has 2 rings (SSSR count). The Morgan fingerprint density at radius 3 is 2.93 bits per heavy atom. The van der Waals surface area contributed by atoms with Crippen LogP contribution in [0.2, 0.25) is 0 Å². The number of nitrogens with two attached hydrogens (primary N) is 1. The molecule has 0 aliphatic rings. The van der Waals surface area contributed by atoms with E-state index in [4.69, 9.17) is 5.73 Å². The SMILES string of the molecule is CN(C(N)=O)n1cnc2ccccc21. The second-order valence-corrected chi connectivity index (χ2v) is 2.94. The molecule has 5 heteroatoms. The number of imidazole rings is 1. The molecule has 0 atom stereocenters. The van der Waals surface area contributed by atoms with Crippen molar-refractivity contribution in [3.63, 3.8) is 0 Å². The van der Waals surface area contributed by atoms with E-state index in [1.54, 1.807) is 18.1 Å². The lowest BCUT2D eigenvalue weighted by Crippen LogP contribution is -2.40. The number of urea groups is 1. The van der Waals surface area contributed by atoms with Crippen molar-refractivity contribution in [1.82, 2.24) is 9.66 Å². The lowest BCUT2D eigenvalue weighted by atomic mass is 10.3. The van der Waals surface area contributed by atoms with Gasteiger partial charge in [-0.2, -0.15) is 0 Å². The van der Waals surface area contributed by atoms with Gasteiger partial charge in [0.15, 0.2) is 0 Å². The predicted octanol–water partition coefficient (Wildman–Crippen LogP) is 0.683. The summed E-state index contributed by atoms with van der Waals surface area (Å²) in [7, 11) is 1.59. The Kier molecular flexibility index (Phi) is 1.85. The van der Waals surface area contributed by atoms with Crippen molar-refractivity contribution in [3.8, 4) is 0 Å². The normalized spacial score (nSPS) is 10.4. The first-order valence-electron chi connectivity index (χ1n) is 4.15. The monoisotopic (exact) mass is 190 g/mol. The summed E-state index contributed by atoms with van der Waals surface area (Å²) in [5, 5.41) is 1.30. The van der Waals surface area contributed by atoms with Gasteiger partial charge in [0.1, 0.15) is 6.33 Å². The molecule has 72 valence electrons. The molecule has 0 saturated carbocycles. The van der Waals surface area contributed by atoms with E-state index in [2.05, 4.69) is 4.98 Å². The minimum atomic E-state index is -0.520. The fourth-order valence-corrected chi connectivity index (χ4v) is 1.29. The molecule has 5 nitrogen and oxygen atoms in total. The highest BCUT2D eigenvalue weighted by Gasteiger charge is 2.08.